The zero-order valence-electron chi connectivity index (χ0n) is 12.2. The number of nitrogens with two attached hydrogens (primary N) is 1. The Hall–Kier alpha value is -1.40. The SMILES string of the molecule is CC(c1ccc(S(C)(=O)=O)cc1)N(C)C(=O)CCCN. The van der Waals surface area contributed by atoms with Crippen molar-refractivity contribution in [3.8, 4) is 0 Å². The summed E-state index contributed by atoms with van der Waals surface area (Å²) in [7, 11) is -1.44. The molecule has 0 saturated carbocycles. The van der Waals surface area contributed by atoms with E-state index in [9.17, 15) is 13.2 Å². The summed E-state index contributed by atoms with van der Waals surface area (Å²) in [6.45, 7) is 2.41. The summed E-state index contributed by atoms with van der Waals surface area (Å²) in [6.07, 6.45) is 2.27. The van der Waals surface area contributed by atoms with E-state index in [1.165, 1.54) is 6.26 Å². The molecule has 1 atom stereocenters. The van der Waals surface area contributed by atoms with E-state index in [0.717, 1.165) is 5.56 Å². The van der Waals surface area contributed by atoms with Gasteiger partial charge >= 0.3 is 0 Å². The van der Waals surface area contributed by atoms with Gasteiger partial charge < -0.3 is 10.6 Å². The lowest BCUT2D eigenvalue weighted by atomic mass is 10.1. The average Bonchev–Trinajstić information content (AvgIpc) is 2.42. The lowest BCUT2D eigenvalue weighted by Crippen LogP contribution is -2.29. The molecular weight excluding hydrogens is 276 g/mol. The number of carbonyl (C=O) groups is 1. The lowest BCUT2D eigenvalue weighted by molar-refractivity contribution is -0.131. The molecule has 1 rings (SSSR count). The molecule has 1 aromatic rings. The molecule has 2 N–H and O–H groups in total. The van der Waals surface area contributed by atoms with Crippen LogP contribution in [0.4, 0.5) is 0 Å². The van der Waals surface area contributed by atoms with Crippen LogP contribution in [0.25, 0.3) is 0 Å². The highest BCUT2D eigenvalue weighted by atomic mass is 32.2. The van der Waals surface area contributed by atoms with Crippen LogP contribution in [0.3, 0.4) is 0 Å². The summed E-state index contributed by atoms with van der Waals surface area (Å²) in [5.74, 6) is 0.0372. The number of hydrogen-bond acceptors (Lipinski definition) is 4. The van der Waals surface area contributed by atoms with Gasteiger partial charge in [-0.3, -0.25) is 4.79 Å². The molecule has 1 aromatic carbocycles. The molecule has 1 amide bonds. The average molecular weight is 298 g/mol. The maximum Gasteiger partial charge on any atom is 0.222 e. The van der Waals surface area contributed by atoms with Crippen LogP contribution in [0.2, 0.25) is 0 Å². The second kappa shape index (κ2) is 6.85. The van der Waals surface area contributed by atoms with Crippen LogP contribution in [-0.2, 0) is 14.6 Å². The molecule has 5 nitrogen and oxygen atoms in total. The van der Waals surface area contributed by atoms with Gasteiger partial charge in [-0.25, -0.2) is 8.42 Å². The van der Waals surface area contributed by atoms with Gasteiger partial charge in [0.2, 0.25) is 5.91 Å². The summed E-state index contributed by atoms with van der Waals surface area (Å²) in [6, 6.07) is 6.52. The molecule has 0 heterocycles. The number of nitrogens with zero attached hydrogens (tertiary/aromatic N) is 1. The zero-order chi connectivity index (χ0) is 15.3. The molecule has 0 spiro atoms. The Kier molecular flexibility index (Phi) is 5.71. The van der Waals surface area contributed by atoms with Crippen molar-refractivity contribution in [3.63, 3.8) is 0 Å². The number of hydrogen-bond donors (Lipinski definition) is 1. The summed E-state index contributed by atoms with van der Waals surface area (Å²) in [5.41, 5.74) is 6.30. The van der Waals surface area contributed by atoms with Crippen molar-refractivity contribution in [1.82, 2.24) is 4.90 Å². The van der Waals surface area contributed by atoms with E-state index >= 15 is 0 Å². The fraction of sp³-hybridized carbons (Fsp3) is 0.500. The molecule has 0 saturated heterocycles. The summed E-state index contributed by atoms with van der Waals surface area (Å²) in [4.78, 5) is 13.9. The highest BCUT2D eigenvalue weighted by Gasteiger charge is 2.17. The second-order valence-corrected chi connectivity index (χ2v) is 6.93. The van der Waals surface area contributed by atoms with Gasteiger partial charge in [-0.1, -0.05) is 12.1 Å². The number of amides is 1. The monoisotopic (exact) mass is 298 g/mol. The predicted octanol–water partition coefficient (Wildman–Crippen LogP) is 1.35. The molecule has 0 bridgehead atoms. The van der Waals surface area contributed by atoms with Crippen molar-refractivity contribution in [1.29, 1.82) is 0 Å². The fourth-order valence-corrected chi connectivity index (χ4v) is 2.49. The molecular formula is C14H22N2O3S. The molecule has 6 heteroatoms. The van der Waals surface area contributed by atoms with Crippen molar-refractivity contribution in [2.24, 2.45) is 5.73 Å². The highest BCUT2D eigenvalue weighted by Crippen LogP contribution is 2.21. The van der Waals surface area contributed by atoms with Crippen LogP contribution < -0.4 is 5.73 Å². The van der Waals surface area contributed by atoms with Crippen molar-refractivity contribution >= 4 is 15.7 Å². The Morgan fingerprint density at radius 1 is 1.30 bits per heavy atom. The Labute approximate surface area is 120 Å². The zero-order valence-corrected chi connectivity index (χ0v) is 13.0. The molecule has 20 heavy (non-hydrogen) atoms. The van der Waals surface area contributed by atoms with Gasteiger partial charge in [0, 0.05) is 19.7 Å². The van der Waals surface area contributed by atoms with Crippen molar-refractivity contribution in [3.05, 3.63) is 29.8 Å². The first kappa shape index (κ1) is 16.7. The molecule has 0 aliphatic rings. The van der Waals surface area contributed by atoms with Crippen molar-refractivity contribution in [2.75, 3.05) is 19.8 Å². The molecule has 0 aromatic heterocycles. The standard InChI is InChI=1S/C14H22N2O3S/c1-11(16(2)14(17)5-4-10-15)12-6-8-13(9-7-12)20(3,18)19/h6-9,11H,4-5,10,15H2,1-3H3. The largest absolute Gasteiger partial charge is 0.339 e. The predicted molar refractivity (Wildman–Crippen MR) is 79.0 cm³/mol. The second-order valence-electron chi connectivity index (χ2n) is 4.91. The van der Waals surface area contributed by atoms with Gasteiger partial charge in [-0.2, -0.15) is 0 Å². The molecule has 0 aliphatic heterocycles. The summed E-state index contributed by atoms with van der Waals surface area (Å²) in [5, 5.41) is 0. The number of carbonyl (C=O) groups excluding carboxylic acids is 1. The maximum absolute atomic E-state index is 11.9. The van der Waals surface area contributed by atoms with E-state index in [2.05, 4.69) is 0 Å². The number of benzene rings is 1. The number of rotatable bonds is 6. The summed E-state index contributed by atoms with van der Waals surface area (Å²) < 4.78 is 22.8. The Balaban J connectivity index is 2.82. The van der Waals surface area contributed by atoms with E-state index in [1.807, 2.05) is 6.92 Å². The van der Waals surface area contributed by atoms with E-state index < -0.39 is 9.84 Å². The number of sulfone groups is 1. The van der Waals surface area contributed by atoms with Crippen LogP contribution in [0.15, 0.2) is 29.2 Å². The van der Waals surface area contributed by atoms with Crippen LogP contribution in [0.5, 0.6) is 0 Å². The minimum Gasteiger partial charge on any atom is -0.339 e. The Morgan fingerprint density at radius 2 is 1.85 bits per heavy atom. The summed E-state index contributed by atoms with van der Waals surface area (Å²) >= 11 is 0. The third-order valence-corrected chi connectivity index (χ3v) is 4.49. The van der Waals surface area contributed by atoms with E-state index in [1.54, 1.807) is 36.2 Å². The van der Waals surface area contributed by atoms with Crippen LogP contribution >= 0.6 is 0 Å². The molecule has 1 unspecified atom stereocenters. The molecule has 0 aliphatic carbocycles. The van der Waals surface area contributed by atoms with Crippen molar-refractivity contribution < 1.29 is 13.2 Å². The third-order valence-electron chi connectivity index (χ3n) is 3.36. The smallest absolute Gasteiger partial charge is 0.222 e. The first-order chi connectivity index (χ1) is 9.27. The van der Waals surface area contributed by atoms with Gasteiger partial charge in [0.05, 0.1) is 10.9 Å². The Morgan fingerprint density at radius 3 is 2.30 bits per heavy atom. The topological polar surface area (TPSA) is 80.5 Å². The minimum atomic E-state index is -3.19. The fourth-order valence-electron chi connectivity index (χ4n) is 1.86. The molecule has 0 radical (unpaired) electrons. The van der Waals surface area contributed by atoms with Gasteiger partial charge in [-0.15, -0.1) is 0 Å². The first-order valence-corrected chi connectivity index (χ1v) is 8.42. The lowest BCUT2D eigenvalue weighted by Gasteiger charge is -2.25. The van der Waals surface area contributed by atoms with E-state index in [4.69, 9.17) is 5.73 Å². The van der Waals surface area contributed by atoms with Gasteiger partial charge in [0.25, 0.3) is 0 Å². The Bertz CT molecular complexity index is 552. The first-order valence-electron chi connectivity index (χ1n) is 6.53. The quantitative estimate of drug-likeness (QED) is 0.859. The van der Waals surface area contributed by atoms with Gasteiger partial charge in [0.15, 0.2) is 9.84 Å². The van der Waals surface area contributed by atoms with E-state index in [0.29, 0.717) is 19.4 Å². The van der Waals surface area contributed by atoms with Gasteiger partial charge in [-0.05, 0) is 37.6 Å². The van der Waals surface area contributed by atoms with Crippen LogP contribution in [0.1, 0.15) is 31.4 Å². The highest BCUT2D eigenvalue weighted by molar-refractivity contribution is 7.90. The maximum atomic E-state index is 11.9. The van der Waals surface area contributed by atoms with Crippen molar-refractivity contribution in [2.45, 2.75) is 30.7 Å². The molecule has 0 fully saturated rings. The van der Waals surface area contributed by atoms with Crippen LogP contribution in [0, 0.1) is 0 Å². The normalized spacial score (nSPS) is 13.0. The van der Waals surface area contributed by atoms with Crippen LogP contribution in [-0.4, -0.2) is 39.1 Å². The van der Waals surface area contributed by atoms with E-state index in [-0.39, 0.29) is 16.8 Å². The molecule has 112 valence electrons. The van der Waals surface area contributed by atoms with Gasteiger partial charge in [0.1, 0.15) is 0 Å². The third kappa shape index (κ3) is 4.31. The minimum absolute atomic E-state index is 0.0372.